The summed E-state index contributed by atoms with van der Waals surface area (Å²) in [5, 5.41) is 4.08. The molecule has 0 atom stereocenters. The van der Waals surface area contributed by atoms with Crippen LogP contribution in [-0.2, 0) is 4.74 Å². The Balaban J connectivity index is 1.77. The number of ether oxygens (including phenoxy) is 1. The number of aromatic nitrogens is 4. The highest BCUT2D eigenvalue weighted by Gasteiger charge is 2.19. The van der Waals surface area contributed by atoms with Crippen molar-refractivity contribution >= 4 is 17.5 Å². The molecular weight excluding hydrogens is 332 g/mol. The maximum Gasteiger partial charge on any atom is 0.378 e. The van der Waals surface area contributed by atoms with E-state index >= 15 is 0 Å². The number of Topliss-reactive ketones (excluding diaryl/α,β-unsaturated/α-hetero) is 1. The number of esters is 1. The van der Waals surface area contributed by atoms with Gasteiger partial charge in [0.25, 0.3) is 11.6 Å². The van der Waals surface area contributed by atoms with Crippen LogP contribution < -0.4 is 0 Å². The number of hydrogen-bond acceptors (Lipinski definition) is 6. The first-order chi connectivity index (χ1) is 12.3. The number of ketones is 1. The molecule has 0 fully saturated rings. The lowest BCUT2D eigenvalue weighted by Gasteiger charge is -2.13. The zero-order valence-corrected chi connectivity index (χ0v) is 15.5. The number of nitrogens with zero attached hydrogens (tertiary/aromatic N) is 4. The third kappa shape index (κ3) is 3.08. The molecule has 2 aromatic heterocycles. The molecule has 0 saturated carbocycles. The maximum atomic E-state index is 12.5. The number of benzene rings is 1. The van der Waals surface area contributed by atoms with E-state index in [0.29, 0.717) is 11.3 Å². The molecule has 3 rings (SSSR count). The Morgan fingerprint density at radius 1 is 1.08 bits per heavy atom. The summed E-state index contributed by atoms with van der Waals surface area (Å²) in [6.07, 6.45) is 1.59. The maximum absolute atomic E-state index is 12.5. The highest BCUT2D eigenvalue weighted by molar-refractivity contribution is 6.00. The molecule has 134 valence electrons. The second-order valence-electron chi connectivity index (χ2n) is 6.35. The lowest BCUT2D eigenvalue weighted by molar-refractivity contribution is 0.0462. The number of rotatable bonds is 4. The number of carbonyl (C=O) groups excluding carboxylic acids is 2. The van der Waals surface area contributed by atoms with E-state index in [-0.39, 0.29) is 18.2 Å². The molecule has 2 heterocycles. The van der Waals surface area contributed by atoms with Gasteiger partial charge >= 0.3 is 5.97 Å². The van der Waals surface area contributed by atoms with E-state index in [1.165, 1.54) is 4.52 Å². The lowest BCUT2D eigenvalue weighted by Crippen LogP contribution is -2.17. The minimum atomic E-state index is -0.749. The number of fused-ring (bicyclic) bond motifs is 1. The summed E-state index contributed by atoms with van der Waals surface area (Å²) in [6.45, 7) is 9.33. The molecule has 0 spiro atoms. The Kier molecular flexibility index (Phi) is 4.54. The highest BCUT2D eigenvalue weighted by atomic mass is 16.5. The second kappa shape index (κ2) is 6.67. The Labute approximate surface area is 151 Å². The van der Waals surface area contributed by atoms with Gasteiger partial charge in [0, 0.05) is 17.5 Å². The SMILES string of the molecule is Cc1cc(C(=O)COC(=O)c2nc3nccc(C)n3n2)c(C)c(C)c1C. The predicted octanol–water partition coefficient (Wildman–Crippen LogP) is 2.71. The molecule has 0 N–H and O–H groups in total. The molecule has 0 amide bonds. The van der Waals surface area contributed by atoms with Gasteiger partial charge in [0.15, 0.2) is 6.61 Å². The van der Waals surface area contributed by atoms with Gasteiger partial charge in [-0.05, 0) is 69.0 Å². The normalized spacial score (nSPS) is 11.0. The summed E-state index contributed by atoms with van der Waals surface area (Å²) in [4.78, 5) is 32.8. The summed E-state index contributed by atoms with van der Waals surface area (Å²) in [7, 11) is 0. The first kappa shape index (κ1) is 17.7. The Morgan fingerprint density at radius 2 is 1.81 bits per heavy atom. The van der Waals surface area contributed by atoms with Crippen molar-refractivity contribution in [2.45, 2.75) is 34.6 Å². The molecule has 1 aromatic carbocycles. The first-order valence-corrected chi connectivity index (χ1v) is 8.25. The van der Waals surface area contributed by atoms with E-state index in [0.717, 1.165) is 27.9 Å². The Morgan fingerprint density at radius 3 is 2.50 bits per heavy atom. The third-order valence-corrected chi connectivity index (χ3v) is 4.73. The van der Waals surface area contributed by atoms with E-state index in [2.05, 4.69) is 15.1 Å². The average molecular weight is 352 g/mol. The fraction of sp³-hybridized carbons (Fsp3) is 0.316. The van der Waals surface area contributed by atoms with Crippen molar-refractivity contribution in [1.29, 1.82) is 0 Å². The van der Waals surface area contributed by atoms with E-state index in [1.807, 2.05) is 40.7 Å². The van der Waals surface area contributed by atoms with Crippen LogP contribution in [0.4, 0.5) is 0 Å². The van der Waals surface area contributed by atoms with Crippen molar-refractivity contribution in [3.63, 3.8) is 0 Å². The standard InChI is InChI=1S/C19H20N4O3/c1-10-8-15(14(5)13(4)12(10)3)16(24)9-26-18(25)17-21-19-20-7-6-11(2)23(19)22-17/h6-8H,9H2,1-5H3. The topological polar surface area (TPSA) is 86.5 Å². The summed E-state index contributed by atoms with van der Waals surface area (Å²) in [6, 6.07) is 3.59. The second-order valence-corrected chi connectivity index (χ2v) is 6.35. The van der Waals surface area contributed by atoms with Gasteiger partial charge in [-0.2, -0.15) is 4.98 Å². The van der Waals surface area contributed by atoms with Crippen LogP contribution in [0.1, 0.15) is 48.9 Å². The zero-order valence-electron chi connectivity index (χ0n) is 15.5. The van der Waals surface area contributed by atoms with E-state index in [9.17, 15) is 9.59 Å². The smallest absolute Gasteiger partial charge is 0.378 e. The fourth-order valence-corrected chi connectivity index (χ4v) is 2.77. The third-order valence-electron chi connectivity index (χ3n) is 4.73. The molecule has 0 aliphatic heterocycles. The van der Waals surface area contributed by atoms with Gasteiger partial charge in [-0.1, -0.05) is 0 Å². The van der Waals surface area contributed by atoms with Gasteiger partial charge in [0.1, 0.15) is 0 Å². The molecule has 7 heteroatoms. The minimum Gasteiger partial charge on any atom is -0.451 e. The first-order valence-electron chi connectivity index (χ1n) is 8.25. The van der Waals surface area contributed by atoms with Crippen LogP contribution in [-0.4, -0.2) is 37.9 Å². The van der Waals surface area contributed by atoms with Crippen LogP contribution in [0, 0.1) is 34.6 Å². The zero-order chi connectivity index (χ0) is 19.0. The molecule has 0 unspecified atom stereocenters. The van der Waals surface area contributed by atoms with Crippen LogP contribution in [0.25, 0.3) is 5.78 Å². The van der Waals surface area contributed by atoms with Crippen LogP contribution in [0.2, 0.25) is 0 Å². The van der Waals surface area contributed by atoms with Crippen molar-refractivity contribution in [2.75, 3.05) is 6.61 Å². The summed E-state index contributed by atoms with van der Waals surface area (Å²) >= 11 is 0. The summed E-state index contributed by atoms with van der Waals surface area (Å²) in [5.41, 5.74) is 5.53. The minimum absolute atomic E-state index is 0.118. The van der Waals surface area contributed by atoms with Crippen LogP contribution in [0.15, 0.2) is 18.3 Å². The summed E-state index contributed by atoms with van der Waals surface area (Å²) < 4.78 is 6.58. The van der Waals surface area contributed by atoms with Crippen LogP contribution in [0.5, 0.6) is 0 Å². The summed E-state index contributed by atoms with van der Waals surface area (Å²) in [5.74, 6) is -0.807. The highest BCUT2D eigenvalue weighted by Crippen LogP contribution is 2.21. The van der Waals surface area contributed by atoms with Gasteiger partial charge < -0.3 is 4.74 Å². The Bertz CT molecular complexity index is 1040. The fourth-order valence-electron chi connectivity index (χ4n) is 2.77. The van der Waals surface area contributed by atoms with Gasteiger partial charge in [0.05, 0.1) is 0 Å². The molecule has 0 bridgehead atoms. The number of carbonyl (C=O) groups is 2. The van der Waals surface area contributed by atoms with Crippen molar-refractivity contribution in [1.82, 2.24) is 19.6 Å². The van der Waals surface area contributed by atoms with Crippen LogP contribution in [0.3, 0.4) is 0 Å². The predicted molar refractivity (Wildman–Crippen MR) is 95.5 cm³/mol. The van der Waals surface area contributed by atoms with Crippen LogP contribution >= 0.6 is 0 Å². The molecule has 3 aromatic rings. The van der Waals surface area contributed by atoms with E-state index in [1.54, 1.807) is 12.3 Å². The number of hydrogen-bond donors (Lipinski definition) is 0. The molecule has 0 radical (unpaired) electrons. The molecule has 26 heavy (non-hydrogen) atoms. The lowest BCUT2D eigenvalue weighted by atomic mass is 9.93. The quantitative estimate of drug-likeness (QED) is 0.530. The van der Waals surface area contributed by atoms with Crippen molar-refractivity contribution in [3.05, 3.63) is 57.7 Å². The number of aryl methyl sites for hydroxylation is 2. The molecule has 0 saturated heterocycles. The van der Waals surface area contributed by atoms with Crippen molar-refractivity contribution in [3.8, 4) is 0 Å². The van der Waals surface area contributed by atoms with Gasteiger partial charge in [-0.25, -0.2) is 14.3 Å². The van der Waals surface area contributed by atoms with Gasteiger partial charge in [-0.15, -0.1) is 5.10 Å². The van der Waals surface area contributed by atoms with Crippen molar-refractivity contribution < 1.29 is 14.3 Å². The molecule has 0 aliphatic carbocycles. The average Bonchev–Trinajstić information content (AvgIpc) is 3.06. The van der Waals surface area contributed by atoms with Gasteiger partial charge in [0.2, 0.25) is 5.78 Å². The molecule has 0 aliphatic rings. The largest absolute Gasteiger partial charge is 0.451 e. The van der Waals surface area contributed by atoms with Crippen molar-refractivity contribution in [2.24, 2.45) is 0 Å². The Hall–Kier alpha value is -3.09. The monoisotopic (exact) mass is 352 g/mol. The van der Waals surface area contributed by atoms with E-state index < -0.39 is 5.97 Å². The van der Waals surface area contributed by atoms with E-state index in [4.69, 9.17) is 4.74 Å². The molecular formula is C19H20N4O3. The molecule has 7 nitrogen and oxygen atoms in total. The van der Waals surface area contributed by atoms with Gasteiger partial charge in [-0.3, -0.25) is 4.79 Å².